The van der Waals surface area contributed by atoms with Crippen molar-refractivity contribution in [3.8, 4) is 0 Å². The van der Waals surface area contributed by atoms with Gasteiger partial charge in [-0.15, -0.1) is 0 Å². The van der Waals surface area contributed by atoms with E-state index >= 15 is 0 Å². The number of carboxylic acids is 1. The summed E-state index contributed by atoms with van der Waals surface area (Å²) >= 11 is 0. The fraction of sp³-hybridized carbons (Fsp3) is 0.636. The lowest BCUT2D eigenvalue weighted by atomic mass is 10.1. The van der Waals surface area contributed by atoms with Crippen molar-refractivity contribution in [2.45, 2.75) is 31.8 Å². The molecule has 2 N–H and O–H groups in total. The SMILES string of the molecule is O=C(O)c1coc(NCCC2CCCCO2)n1. The van der Waals surface area contributed by atoms with Gasteiger partial charge in [0.15, 0.2) is 5.69 Å². The maximum absolute atomic E-state index is 10.6. The van der Waals surface area contributed by atoms with E-state index in [1.54, 1.807) is 0 Å². The summed E-state index contributed by atoms with van der Waals surface area (Å²) in [6.07, 6.45) is 5.75. The van der Waals surface area contributed by atoms with Gasteiger partial charge in [0.05, 0.1) is 6.10 Å². The molecule has 1 atom stereocenters. The lowest BCUT2D eigenvalue weighted by Gasteiger charge is -2.22. The molecule has 0 aliphatic carbocycles. The van der Waals surface area contributed by atoms with E-state index in [0.717, 1.165) is 32.1 Å². The number of nitrogens with one attached hydrogen (secondary N) is 1. The van der Waals surface area contributed by atoms with Gasteiger partial charge in [-0.3, -0.25) is 0 Å². The van der Waals surface area contributed by atoms with Crippen LogP contribution in [0.3, 0.4) is 0 Å². The number of aromatic carboxylic acids is 1. The summed E-state index contributed by atoms with van der Waals surface area (Å²) in [6, 6.07) is 0.248. The number of oxazole rings is 1. The predicted octanol–water partition coefficient (Wildman–Crippen LogP) is 1.74. The first kappa shape index (κ1) is 11.9. The van der Waals surface area contributed by atoms with Crippen LogP contribution in [0.25, 0.3) is 0 Å². The first-order valence-corrected chi connectivity index (χ1v) is 5.80. The number of hydrogen-bond acceptors (Lipinski definition) is 5. The molecule has 94 valence electrons. The Balaban J connectivity index is 1.71. The topological polar surface area (TPSA) is 84.6 Å². The van der Waals surface area contributed by atoms with Gasteiger partial charge < -0.3 is 19.6 Å². The molecule has 1 fully saturated rings. The molecule has 1 aromatic heterocycles. The Morgan fingerprint density at radius 2 is 2.47 bits per heavy atom. The smallest absolute Gasteiger partial charge is 0.357 e. The third kappa shape index (κ3) is 3.45. The Kier molecular flexibility index (Phi) is 3.98. The monoisotopic (exact) mass is 240 g/mol. The van der Waals surface area contributed by atoms with E-state index in [-0.39, 0.29) is 11.7 Å². The lowest BCUT2D eigenvalue weighted by molar-refractivity contribution is 0.0134. The molecule has 0 spiro atoms. The highest BCUT2D eigenvalue weighted by Gasteiger charge is 2.14. The number of ether oxygens (including phenoxy) is 1. The molecule has 1 saturated heterocycles. The van der Waals surface area contributed by atoms with Gasteiger partial charge in [0.2, 0.25) is 0 Å². The van der Waals surface area contributed by atoms with Crippen molar-refractivity contribution in [3.63, 3.8) is 0 Å². The zero-order valence-corrected chi connectivity index (χ0v) is 9.52. The number of hydrogen-bond donors (Lipinski definition) is 2. The normalized spacial score (nSPS) is 20.1. The van der Waals surface area contributed by atoms with E-state index in [2.05, 4.69) is 10.3 Å². The number of nitrogens with zero attached hydrogens (tertiary/aromatic N) is 1. The Morgan fingerprint density at radius 1 is 1.59 bits per heavy atom. The van der Waals surface area contributed by atoms with Gasteiger partial charge in [0.25, 0.3) is 6.01 Å². The van der Waals surface area contributed by atoms with Crippen LogP contribution >= 0.6 is 0 Å². The first-order valence-electron chi connectivity index (χ1n) is 5.80. The van der Waals surface area contributed by atoms with E-state index in [4.69, 9.17) is 14.3 Å². The van der Waals surface area contributed by atoms with Crippen LogP contribution in [0.1, 0.15) is 36.2 Å². The van der Waals surface area contributed by atoms with Gasteiger partial charge in [-0.2, -0.15) is 4.98 Å². The van der Waals surface area contributed by atoms with E-state index in [1.807, 2.05) is 0 Å². The Labute approximate surface area is 99.0 Å². The molecule has 0 amide bonds. The molecule has 1 aromatic rings. The lowest BCUT2D eigenvalue weighted by Crippen LogP contribution is -2.22. The summed E-state index contributed by atoms with van der Waals surface area (Å²) in [6.45, 7) is 1.51. The second kappa shape index (κ2) is 5.67. The van der Waals surface area contributed by atoms with Crippen LogP contribution in [-0.4, -0.2) is 35.3 Å². The molecule has 1 aliphatic rings. The average Bonchev–Trinajstić information content (AvgIpc) is 2.79. The average molecular weight is 240 g/mol. The second-order valence-electron chi connectivity index (χ2n) is 4.05. The van der Waals surface area contributed by atoms with Gasteiger partial charge in [0.1, 0.15) is 6.26 Å². The van der Waals surface area contributed by atoms with Crippen molar-refractivity contribution in [3.05, 3.63) is 12.0 Å². The largest absolute Gasteiger partial charge is 0.476 e. The fourth-order valence-corrected chi connectivity index (χ4v) is 1.83. The molecule has 6 heteroatoms. The summed E-state index contributed by atoms with van der Waals surface area (Å²) < 4.78 is 10.5. The molecule has 0 bridgehead atoms. The summed E-state index contributed by atoms with van der Waals surface area (Å²) in [7, 11) is 0. The zero-order chi connectivity index (χ0) is 12.1. The molecular weight excluding hydrogens is 224 g/mol. The van der Waals surface area contributed by atoms with Crippen LogP contribution in [0.5, 0.6) is 0 Å². The number of aromatic nitrogens is 1. The van der Waals surface area contributed by atoms with Crippen LogP contribution < -0.4 is 5.32 Å². The minimum atomic E-state index is -1.09. The minimum Gasteiger partial charge on any atom is -0.476 e. The molecule has 0 aromatic carbocycles. The fourth-order valence-electron chi connectivity index (χ4n) is 1.83. The maximum Gasteiger partial charge on any atom is 0.357 e. The molecule has 1 aliphatic heterocycles. The molecular formula is C11H16N2O4. The van der Waals surface area contributed by atoms with Crippen molar-refractivity contribution in [1.29, 1.82) is 0 Å². The highest BCUT2D eigenvalue weighted by molar-refractivity contribution is 5.85. The summed E-state index contributed by atoms with van der Waals surface area (Å²) in [5.41, 5.74) is -0.0820. The first-order chi connectivity index (χ1) is 8.25. The van der Waals surface area contributed by atoms with E-state index in [9.17, 15) is 4.79 Å². The van der Waals surface area contributed by atoms with E-state index in [0.29, 0.717) is 12.6 Å². The maximum atomic E-state index is 10.6. The van der Waals surface area contributed by atoms with Crippen molar-refractivity contribution >= 4 is 12.0 Å². The third-order valence-corrected chi connectivity index (χ3v) is 2.74. The molecule has 2 rings (SSSR count). The van der Waals surface area contributed by atoms with Crippen molar-refractivity contribution < 1.29 is 19.1 Å². The van der Waals surface area contributed by atoms with Crippen LogP contribution in [0.15, 0.2) is 10.7 Å². The van der Waals surface area contributed by atoms with Gasteiger partial charge >= 0.3 is 5.97 Å². The Morgan fingerprint density at radius 3 is 3.12 bits per heavy atom. The summed E-state index contributed by atoms with van der Waals surface area (Å²) in [4.78, 5) is 14.3. The van der Waals surface area contributed by atoms with Crippen LogP contribution in [-0.2, 0) is 4.74 Å². The standard InChI is InChI=1S/C11H16N2O4/c14-10(15)9-7-17-11(13-9)12-5-4-8-3-1-2-6-16-8/h7-8H,1-6H2,(H,12,13)(H,14,15). The summed E-state index contributed by atoms with van der Waals surface area (Å²) in [5.74, 6) is -1.09. The van der Waals surface area contributed by atoms with Gasteiger partial charge in [-0.25, -0.2) is 4.79 Å². The Hall–Kier alpha value is -1.56. The molecule has 6 nitrogen and oxygen atoms in total. The van der Waals surface area contributed by atoms with Gasteiger partial charge in [0, 0.05) is 13.2 Å². The second-order valence-corrected chi connectivity index (χ2v) is 4.05. The van der Waals surface area contributed by atoms with Gasteiger partial charge in [-0.05, 0) is 25.7 Å². The van der Waals surface area contributed by atoms with Crippen molar-refractivity contribution in [1.82, 2.24) is 4.98 Å². The van der Waals surface area contributed by atoms with E-state index < -0.39 is 5.97 Å². The van der Waals surface area contributed by atoms with Crippen molar-refractivity contribution in [2.75, 3.05) is 18.5 Å². The van der Waals surface area contributed by atoms with Crippen LogP contribution in [0.4, 0.5) is 6.01 Å². The molecule has 1 unspecified atom stereocenters. The Bertz CT molecular complexity index is 371. The predicted molar refractivity (Wildman–Crippen MR) is 60.2 cm³/mol. The summed E-state index contributed by atoms with van der Waals surface area (Å²) in [5, 5.41) is 11.6. The molecule has 0 saturated carbocycles. The highest BCUT2D eigenvalue weighted by atomic mass is 16.5. The third-order valence-electron chi connectivity index (χ3n) is 2.74. The van der Waals surface area contributed by atoms with Gasteiger partial charge in [-0.1, -0.05) is 0 Å². The number of anilines is 1. The van der Waals surface area contributed by atoms with Crippen LogP contribution in [0, 0.1) is 0 Å². The highest BCUT2D eigenvalue weighted by Crippen LogP contribution is 2.16. The minimum absolute atomic E-state index is 0.0820. The molecule has 2 heterocycles. The number of carboxylic acid groups (broad SMARTS) is 1. The zero-order valence-electron chi connectivity index (χ0n) is 9.52. The quantitative estimate of drug-likeness (QED) is 0.815. The van der Waals surface area contributed by atoms with Crippen LogP contribution in [0.2, 0.25) is 0 Å². The molecule has 0 radical (unpaired) electrons. The van der Waals surface area contributed by atoms with Crippen molar-refractivity contribution in [2.24, 2.45) is 0 Å². The van der Waals surface area contributed by atoms with E-state index in [1.165, 1.54) is 6.42 Å². The number of carbonyl (C=O) groups is 1. The number of rotatable bonds is 5. The molecule has 17 heavy (non-hydrogen) atoms.